The van der Waals surface area contributed by atoms with Crippen LogP contribution in [0.4, 0.5) is 22.7 Å². The Morgan fingerprint density at radius 3 is 1.01 bits per heavy atom. The summed E-state index contributed by atoms with van der Waals surface area (Å²) in [6.07, 6.45) is -0.0329. The van der Waals surface area contributed by atoms with Crippen LogP contribution in [0.5, 0.6) is 11.5 Å². The molecule has 0 unspecified atom stereocenters. The van der Waals surface area contributed by atoms with Crippen LogP contribution in [0.25, 0.3) is 0 Å². The van der Waals surface area contributed by atoms with Gasteiger partial charge in [0, 0.05) is 48.9 Å². The van der Waals surface area contributed by atoms with Crippen molar-refractivity contribution in [1.82, 2.24) is 4.67 Å². The molecule has 0 saturated carbocycles. The van der Waals surface area contributed by atoms with Gasteiger partial charge in [0.1, 0.15) is 18.7 Å². The van der Waals surface area contributed by atoms with Crippen molar-refractivity contribution in [2.45, 2.75) is 155 Å². The minimum absolute atomic E-state index is 0. The summed E-state index contributed by atoms with van der Waals surface area (Å²) >= 11 is 16.1. The predicted octanol–water partition coefficient (Wildman–Crippen LogP) is 22.6. The van der Waals surface area contributed by atoms with Crippen molar-refractivity contribution < 1.29 is 41.2 Å². The van der Waals surface area contributed by atoms with Gasteiger partial charge in [-0.2, -0.15) is 11.3 Å². The van der Waals surface area contributed by atoms with Crippen molar-refractivity contribution in [3.63, 3.8) is 0 Å². The average molecular weight is 1690 g/mol. The minimum atomic E-state index is -1.77. The van der Waals surface area contributed by atoms with E-state index in [1.807, 2.05) is 85.4 Å². The van der Waals surface area contributed by atoms with Crippen LogP contribution < -0.4 is 39.7 Å². The summed E-state index contributed by atoms with van der Waals surface area (Å²) in [5, 5.41) is 2.92. The zero-order valence-electron chi connectivity index (χ0n) is 58.9. The SMILES string of the molecule is C.C.C.CC(C)Oc1ccccc1[CH]=[Ru]([Cl])[Cl].CC(C)Oc1ccccc1[CH]=[Ru]([Cl])[Cl].Cc1cc(C)c(N2CCN(c3c(C)cc(C)cc3C)C2C(Cl)(Cl)Cl)c(C)c1.Cc1cc(C)c(N2[CH-]N(c3c(C)cc(C)cc3C)CC2)c(C)c1.c1ccc([PH+](c2ccccc2)N2CCOCC2)cc1. The molecule has 0 aromatic heterocycles. The molecule has 0 radical (unpaired) electrons. The molecule has 8 aromatic rings. The van der Waals surface area contributed by atoms with Crippen molar-refractivity contribution in [1.29, 1.82) is 0 Å². The summed E-state index contributed by atoms with van der Waals surface area (Å²) in [6, 6.07) is 55.3. The van der Waals surface area contributed by atoms with Crippen molar-refractivity contribution in [2.24, 2.45) is 0 Å². The molecule has 3 heterocycles. The first-order chi connectivity index (χ1) is 46.0. The maximum atomic E-state index is 6.55. The van der Waals surface area contributed by atoms with Crippen LogP contribution in [0.15, 0.2) is 158 Å². The number of aryl methyl sites for hydroxylation is 12. The van der Waals surface area contributed by atoms with Crippen LogP contribution in [-0.2, 0) is 31.8 Å². The number of ether oxygens (including phenoxy) is 3. The third-order valence-corrected chi connectivity index (χ3v) is 23.5. The van der Waals surface area contributed by atoms with Crippen molar-refractivity contribution >= 4 is 124 Å². The van der Waals surface area contributed by atoms with E-state index in [4.69, 9.17) is 87.8 Å². The molecule has 0 N–H and O–H groups in total. The van der Waals surface area contributed by atoms with E-state index >= 15 is 0 Å². The first kappa shape index (κ1) is 88.3. The summed E-state index contributed by atoms with van der Waals surface area (Å²) in [4.78, 5) is 9.33. The molecule has 8 nitrogen and oxygen atoms in total. The Kier molecular flexibility index (Phi) is 37.2. The fraction of sp³-hybridized carbons (Fsp3) is 0.378. The first-order valence-electron chi connectivity index (χ1n) is 32.8. The van der Waals surface area contributed by atoms with Gasteiger partial charge in [-0.05, 0) is 152 Å². The number of hydrogen-bond donors (Lipinski definition) is 0. The van der Waals surface area contributed by atoms with Gasteiger partial charge in [-0.25, -0.2) is 0 Å². The molecule has 18 heteroatoms. The molecule has 8 aromatic carbocycles. The Balaban J connectivity index is 0.000000269. The smallest absolute Gasteiger partial charge is 0.228 e. The van der Waals surface area contributed by atoms with Crippen LogP contribution in [0.3, 0.4) is 0 Å². The number of benzene rings is 8. The van der Waals surface area contributed by atoms with E-state index in [2.05, 4.69) is 223 Å². The second kappa shape index (κ2) is 42.2. The number of para-hydroxylation sites is 2. The summed E-state index contributed by atoms with van der Waals surface area (Å²) < 4.78 is 21.7. The number of rotatable bonds is 13. The minimum Gasteiger partial charge on any atom is -0.502 e. The van der Waals surface area contributed by atoms with Crippen LogP contribution in [0.2, 0.25) is 0 Å². The van der Waals surface area contributed by atoms with Gasteiger partial charge in [-0.1, -0.05) is 164 Å². The predicted molar refractivity (Wildman–Crippen MR) is 442 cm³/mol. The third kappa shape index (κ3) is 25.6. The number of hydrogen-bond acceptors (Lipinski definition) is 8. The Hall–Kier alpha value is -4.07. The van der Waals surface area contributed by atoms with E-state index in [1.54, 1.807) is 0 Å². The molecule has 550 valence electrons. The standard InChI is InChI=1S/C22H27Cl3N2.C21H27N2.C16H18NOP.2C10H12O.3CH4.4ClH.2Ru/c1-13-9-15(3)19(16(4)10-13)26-7-8-27(21(26)22(23,24)25)20-17(5)11-14(2)12-18(20)6;1-14-9-16(3)20(17(4)10-14)22-7-8-23(13-22)21-18(5)11-15(2)12-19(21)6;1-3-7-15(8-4-1)19(16-9-5-2-6-10-16)17-11-13-18-14-12-17;2*1-8(2)11-10-7-5-4-6-9(10)3;;;;;;;;;/h9-12,21H,7-8H2,1-6H3;9-13H,7-8H2,1-6H3;1-10H,11-14H2;2*3-8H,1-2H3;3*1H4;4*1H;;/q;-1;;;;;;;;;;;2*+2/p-3. The zero-order chi connectivity index (χ0) is 70.8. The molecule has 3 aliphatic heterocycles. The van der Waals surface area contributed by atoms with Gasteiger partial charge in [0.05, 0.1) is 26.3 Å². The second-order valence-electron chi connectivity index (χ2n) is 25.5. The van der Waals surface area contributed by atoms with Gasteiger partial charge in [0.2, 0.25) is 3.79 Å². The van der Waals surface area contributed by atoms with Crippen LogP contribution >= 0.6 is 81.6 Å². The van der Waals surface area contributed by atoms with Gasteiger partial charge < -0.3 is 24.3 Å². The van der Waals surface area contributed by atoms with Crippen LogP contribution in [0.1, 0.15) is 128 Å². The maximum Gasteiger partial charge on any atom is 0.228 e. The Labute approximate surface area is 645 Å². The summed E-state index contributed by atoms with van der Waals surface area (Å²) in [5.41, 5.74) is 22.5. The number of alkyl halides is 3. The molecule has 0 amide bonds. The quantitative estimate of drug-likeness (QED) is 0.0490. The maximum absolute atomic E-state index is 6.55. The van der Waals surface area contributed by atoms with Gasteiger partial charge in [0.25, 0.3) is 0 Å². The van der Waals surface area contributed by atoms with E-state index in [9.17, 15) is 0 Å². The molecule has 100 heavy (non-hydrogen) atoms. The number of anilines is 4. The van der Waals surface area contributed by atoms with E-state index in [1.165, 1.54) is 100 Å². The number of nitrogens with zero attached hydrogens (tertiary/aromatic N) is 5. The molecular formula is C82H109Cl7N5O3PRu2. The van der Waals surface area contributed by atoms with E-state index < -0.39 is 38.9 Å². The van der Waals surface area contributed by atoms with Gasteiger partial charge >= 0.3 is 196 Å². The monoisotopic (exact) mass is 1690 g/mol. The zero-order valence-corrected chi connectivity index (χ0v) is 68.7. The Morgan fingerprint density at radius 2 is 0.720 bits per heavy atom. The topological polar surface area (TPSA) is 43.9 Å². The Morgan fingerprint density at radius 1 is 0.430 bits per heavy atom. The Bertz CT molecular complexity index is 3610. The molecule has 11 rings (SSSR count). The molecular weight excluding hydrogens is 1580 g/mol. The average Bonchev–Trinajstić information content (AvgIpc) is 1.57. The molecule has 3 saturated heterocycles. The van der Waals surface area contributed by atoms with Crippen molar-refractivity contribution in [3.05, 3.63) is 242 Å². The third-order valence-electron chi connectivity index (χ3n) is 16.4. The van der Waals surface area contributed by atoms with Gasteiger partial charge in [-0.15, -0.1) is 0 Å². The molecule has 3 aliphatic rings. The van der Waals surface area contributed by atoms with E-state index in [-0.39, 0.29) is 40.7 Å². The molecule has 0 aliphatic carbocycles. The van der Waals surface area contributed by atoms with Crippen LogP contribution in [0, 0.1) is 89.8 Å². The van der Waals surface area contributed by atoms with Crippen LogP contribution in [-0.4, -0.2) is 88.5 Å². The molecule has 0 spiro atoms. The summed E-state index contributed by atoms with van der Waals surface area (Å²) in [6.45, 7) is 43.7. The van der Waals surface area contributed by atoms with E-state index in [0.717, 1.165) is 75.1 Å². The first-order valence-corrected chi connectivity index (χ1v) is 46.3. The van der Waals surface area contributed by atoms with Gasteiger partial charge in [0.15, 0.2) is 6.17 Å². The fourth-order valence-electron chi connectivity index (χ4n) is 13.3. The van der Waals surface area contributed by atoms with Crippen molar-refractivity contribution in [3.8, 4) is 11.5 Å². The second-order valence-corrected chi connectivity index (χ2v) is 41.8. The molecule has 0 atom stereocenters. The number of halogens is 7. The largest absolute Gasteiger partial charge is 0.502 e. The van der Waals surface area contributed by atoms with Crippen molar-refractivity contribution in [2.75, 3.05) is 72.1 Å². The normalized spacial score (nSPS) is 14.0. The fourth-order valence-corrected chi connectivity index (χ4v) is 20.3. The van der Waals surface area contributed by atoms with E-state index in [0.29, 0.717) is 0 Å². The summed E-state index contributed by atoms with van der Waals surface area (Å²) in [5.74, 6) is 1.70. The summed E-state index contributed by atoms with van der Waals surface area (Å²) in [7, 11) is 22.4. The molecule has 0 bridgehead atoms. The van der Waals surface area contributed by atoms with Gasteiger partial charge in [-0.3, -0.25) is 0 Å². The number of morpholine rings is 1. The molecule has 3 fully saturated rings.